The van der Waals surface area contributed by atoms with Crippen molar-refractivity contribution in [2.24, 2.45) is 0 Å². The second-order valence-electron chi connectivity index (χ2n) is 12.8. The van der Waals surface area contributed by atoms with Crippen LogP contribution in [0.2, 0.25) is 5.02 Å². The fourth-order valence-electron chi connectivity index (χ4n) is 7.73. The van der Waals surface area contributed by atoms with Crippen molar-refractivity contribution in [3.05, 3.63) is 77.0 Å². The van der Waals surface area contributed by atoms with Gasteiger partial charge in [-0.2, -0.15) is 9.97 Å². The third-order valence-corrected chi connectivity index (χ3v) is 10.5. The highest BCUT2D eigenvalue weighted by molar-refractivity contribution is 6.36. The minimum atomic E-state index is -1.12. The van der Waals surface area contributed by atoms with Crippen LogP contribution in [0.25, 0.3) is 37.8 Å². The van der Waals surface area contributed by atoms with E-state index < -0.39 is 36.1 Å². The first-order chi connectivity index (χ1) is 23.7. The van der Waals surface area contributed by atoms with E-state index in [-0.39, 0.29) is 83.4 Å². The number of nitrogens with zero attached hydrogens (tertiary/aromatic N) is 7. The topological polar surface area (TPSA) is 79.1 Å². The molecule has 3 atom stereocenters. The van der Waals surface area contributed by atoms with Crippen LogP contribution in [0.15, 0.2) is 48.9 Å². The molecule has 3 aliphatic rings. The fourth-order valence-corrected chi connectivity index (χ4v) is 8.00. The van der Waals surface area contributed by atoms with Crippen LogP contribution >= 0.6 is 11.6 Å². The molecule has 7 rings (SSSR count). The number of carbonyl (C=O) groups excluding carboxylic acids is 1. The summed E-state index contributed by atoms with van der Waals surface area (Å²) in [5, 5.41) is 0.957. The zero-order chi connectivity index (χ0) is 34.4. The van der Waals surface area contributed by atoms with Crippen molar-refractivity contribution in [3.63, 3.8) is 0 Å². The Balaban J connectivity index is 1.33. The van der Waals surface area contributed by atoms with Gasteiger partial charge in [0.2, 0.25) is 6.54 Å². The predicted octanol–water partition coefficient (Wildman–Crippen LogP) is 6.54. The van der Waals surface area contributed by atoms with Crippen LogP contribution in [-0.4, -0.2) is 94.3 Å². The standard InChI is InChI=1S/C35H32ClF4N7O2/c1-20(38)33(48)46-14-13-45(18-23(46)16-41-2)32-25-17-42-30(24-6-3-5-21-7-8-26(39)28(36)27(21)24)29(40)31(25)43-34(44-32)49-19-35-10-4-12-47(35)22(15-37)9-11-35/h3,5-8,17,22-23H,1,4,9-16,18-19H2/t22?,23-,35?/m0/s1. The summed E-state index contributed by atoms with van der Waals surface area (Å²) in [5.41, 5.74) is -0.335. The molecule has 0 spiro atoms. The number of benzene rings is 2. The number of piperazine rings is 1. The normalized spacial score (nSPS) is 22.4. The number of fused-ring (bicyclic) bond motifs is 3. The van der Waals surface area contributed by atoms with Crippen LogP contribution < -0.4 is 9.64 Å². The minimum Gasteiger partial charge on any atom is -0.461 e. The Morgan fingerprint density at radius 1 is 1.14 bits per heavy atom. The number of amides is 1. The van der Waals surface area contributed by atoms with Crippen molar-refractivity contribution >= 4 is 45.0 Å². The van der Waals surface area contributed by atoms with Gasteiger partial charge in [-0.3, -0.25) is 14.7 Å². The van der Waals surface area contributed by atoms with Gasteiger partial charge in [-0.15, -0.1) is 0 Å². The molecule has 0 radical (unpaired) electrons. The second-order valence-corrected chi connectivity index (χ2v) is 13.2. The lowest BCUT2D eigenvalue weighted by atomic mass is 9.95. The number of pyridine rings is 1. The van der Waals surface area contributed by atoms with Crippen LogP contribution in [0.1, 0.15) is 25.7 Å². The maximum absolute atomic E-state index is 16.8. The van der Waals surface area contributed by atoms with E-state index >= 15 is 4.39 Å². The molecule has 3 fully saturated rings. The Kier molecular flexibility index (Phi) is 8.79. The lowest BCUT2D eigenvalue weighted by Gasteiger charge is -2.39. The zero-order valence-corrected chi connectivity index (χ0v) is 27.2. The zero-order valence-electron chi connectivity index (χ0n) is 26.4. The SMILES string of the molecule is [C-]#[N+]C[C@H]1CN(c2nc(OCC34CCCN3C(CF)CC4)nc3c(F)c(-c4cccc5ccc(F)c(Cl)c45)ncc23)CCN1C(=O)C(=C)F. The second kappa shape index (κ2) is 13.1. The fraction of sp³-hybridized carbons (Fsp3) is 0.400. The molecule has 0 saturated carbocycles. The van der Waals surface area contributed by atoms with Crippen molar-refractivity contribution in [2.45, 2.75) is 43.3 Å². The Labute approximate surface area is 284 Å². The van der Waals surface area contributed by atoms with E-state index in [0.29, 0.717) is 17.2 Å². The summed E-state index contributed by atoms with van der Waals surface area (Å²) in [4.78, 5) is 34.9. The van der Waals surface area contributed by atoms with Crippen molar-refractivity contribution in [1.29, 1.82) is 0 Å². The smallest absolute Gasteiger partial charge is 0.319 e. The van der Waals surface area contributed by atoms with Crippen molar-refractivity contribution in [3.8, 4) is 17.3 Å². The van der Waals surface area contributed by atoms with Crippen LogP contribution in [0, 0.1) is 18.2 Å². The number of aromatic nitrogens is 3. The molecule has 3 saturated heterocycles. The average molecular weight is 694 g/mol. The van der Waals surface area contributed by atoms with E-state index in [1.54, 1.807) is 29.2 Å². The lowest BCUT2D eigenvalue weighted by Crippen LogP contribution is -2.56. The number of anilines is 1. The van der Waals surface area contributed by atoms with E-state index in [1.165, 1.54) is 17.2 Å². The third-order valence-electron chi connectivity index (χ3n) is 10.1. The van der Waals surface area contributed by atoms with Gasteiger partial charge in [0.05, 0.1) is 15.9 Å². The number of alkyl halides is 1. The summed E-state index contributed by atoms with van der Waals surface area (Å²) in [7, 11) is 0. The first-order valence-corrected chi connectivity index (χ1v) is 16.5. The van der Waals surface area contributed by atoms with E-state index in [1.807, 2.05) is 0 Å². The molecule has 0 aliphatic carbocycles. The molecular weight excluding hydrogens is 662 g/mol. The molecule has 254 valence electrons. The molecule has 0 N–H and O–H groups in total. The van der Waals surface area contributed by atoms with Crippen LogP contribution in [0.5, 0.6) is 6.01 Å². The van der Waals surface area contributed by atoms with Gasteiger partial charge < -0.3 is 19.4 Å². The van der Waals surface area contributed by atoms with Gasteiger partial charge in [-0.1, -0.05) is 42.4 Å². The molecule has 0 bridgehead atoms. The first-order valence-electron chi connectivity index (χ1n) is 16.1. The molecule has 9 nitrogen and oxygen atoms in total. The van der Waals surface area contributed by atoms with Crippen molar-refractivity contribution in [1.82, 2.24) is 24.8 Å². The Morgan fingerprint density at radius 2 is 1.98 bits per heavy atom. The van der Waals surface area contributed by atoms with E-state index in [4.69, 9.17) is 27.9 Å². The molecular formula is C35H32ClF4N7O2. The van der Waals surface area contributed by atoms with Gasteiger partial charge in [0, 0.05) is 42.8 Å². The summed E-state index contributed by atoms with van der Waals surface area (Å²) in [6.07, 6.45) is 4.59. The average Bonchev–Trinajstić information content (AvgIpc) is 3.68. The summed E-state index contributed by atoms with van der Waals surface area (Å²) in [5.74, 6) is -3.22. The Hall–Kier alpha value is -4.54. The van der Waals surface area contributed by atoms with Gasteiger partial charge in [0.15, 0.2) is 11.6 Å². The Bertz CT molecular complexity index is 2030. The molecule has 5 heterocycles. The molecule has 2 unspecified atom stereocenters. The molecule has 3 aliphatic heterocycles. The maximum Gasteiger partial charge on any atom is 0.319 e. The molecule has 1 amide bonds. The molecule has 14 heteroatoms. The highest BCUT2D eigenvalue weighted by atomic mass is 35.5. The third kappa shape index (κ3) is 5.70. The summed E-state index contributed by atoms with van der Waals surface area (Å²) >= 11 is 6.38. The van der Waals surface area contributed by atoms with Crippen LogP contribution in [0.3, 0.4) is 0 Å². The predicted molar refractivity (Wildman–Crippen MR) is 178 cm³/mol. The van der Waals surface area contributed by atoms with Crippen molar-refractivity contribution in [2.75, 3.05) is 50.9 Å². The number of hydrogen-bond donors (Lipinski definition) is 0. The van der Waals surface area contributed by atoms with Gasteiger partial charge in [0.1, 0.15) is 42.2 Å². The van der Waals surface area contributed by atoms with Crippen LogP contribution in [-0.2, 0) is 4.79 Å². The van der Waals surface area contributed by atoms with Gasteiger partial charge in [0.25, 0.3) is 5.91 Å². The van der Waals surface area contributed by atoms with Gasteiger partial charge in [-0.05, 0) is 43.7 Å². The number of ether oxygens (including phenoxy) is 1. The van der Waals surface area contributed by atoms with E-state index in [0.717, 1.165) is 25.8 Å². The maximum atomic E-state index is 16.8. The number of hydrogen-bond acceptors (Lipinski definition) is 7. The van der Waals surface area contributed by atoms with E-state index in [9.17, 15) is 18.0 Å². The number of rotatable bonds is 8. The quantitative estimate of drug-likeness (QED) is 0.118. The van der Waals surface area contributed by atoms with Gasteiger partial charge >= 0.3 is 6.01 Å². The summed E-state index contributed by atoms with van der Waals surface area (Å²) in [6.45, 7) is 11.3. The number of carbonyl (C=O) groups is 1. The lowest BCUT2D eigenvalue weighted by molar-refractivity contribution is -0.131. The number of halogens is 5. The van der Waals surface area contributed by atoms with Gasteiger partial charge in [-0.25, -0.2) is 24.1 Å². The van der Waals surface area contributed by atoms with Crippen molar-refractivity contribution < 1.29 is 27.1 Å². The Morgan fingerprint density at radius 3 is 2.76 bits per heavy atom. The van der Waals surface area contributed by atoms with E-state index in [2.05, 4.69) is 26.3 Å². The molecule has 4 aromatic rings. The monoisotopic (exact) mass is 693 g/mol. The highest BCUT2D eigenvalue weighted by Crippen LogP contribution is 2.43. The largest absolute Gasteiger partial charge is 0.461 e. The molecule has 2 aromatic carbocycles. The highest BCUT2D eigenvalue weighted by Gasteiger charge is 2.50. The summed E-state index contributed by atoms with van der Waals surface area (Å²) in [6, 6.07) is 6.83. The summed E-state index contributed by atoms with van der Waals surface area (Å²) < 4.78 is 65.3. The minimum absolute atomic E-state index is 0.0560. The van der Waals surface area contributed by atoms with Crippen LogP contribution in [0.4, 0.5) is 23.4 Å². The first kappa shape index (κ1) is 33.0. The molecule has 49 heavy (non-hydrogen) atoms. The molecule has 2 aromatic heterocycles.